The average Bonchev–Trinajstić information content (AvgIpc) is 3.25. The van der Waals surface area contributed by atoms with Crippen molar-refractivity contribution >= 4 is 55.5 Å². The van der Waals surface area contributed by atoms with E-state index in [1.54, 1.807) is 36.4 Å². The Morgan fingerprint density at radius 3 is 2.39 bits per heavy atom. The Morgan fingerprint density at radius 2 is 1.70 bits per heavy atom. The fourth-order valence-electron chi connectivity index (χ4n) is 3.04. The summed E-state index contributed by atoms with van der Waals surface area (Å²) >= 11 is 13.6. The molecule has 0 saturated heterocycles. The van der Waals surface area contributed by atoms with Gasteiger partial charge >= 0.3 is 0 Å². The van der Waals surface area contributed by atoms with Gasteiger partial charge in [-0.3, -0.25) is 4.18 Å². The monoisotopic (exact) mass is 518 g/mol. The smallest absolute Gasteiger partial charge is 0.296 e. The van der Waals surface area contributed by atoms with E-state index >= 15 is 0 Å². The van der Waals surface area contributed by atoms with Gasteiger partial charge in [-0.2, -0.15) is 8.42 Å². The maximum absolute atomic E-state index is 12.3. The molecule has 0 fully saturated rings. The van der Waals surface area contributed by atoms with Crippen LogP contribution in [0.3, 0.4) is 0 Å². The zero-order chi connectivity index (χ0) is 23.4. The van der Waals surface area contributed by atoms with E-state index < -0.39 is 10.1 Å². The Kier molecular flexibility index (Phi) is 7.36. The Bertz CT molecular complexity index is 1350. The van der Waals surface area contributed by atoms with Crippen molar-refractivity contribution in [3.05, 3.63) is 93.3 Å². The van der Waals surface area contributed by atoms with E-state index in [-0.39, 0.29) is 11.5 Å². The zero-order valence-electron chi connectivity index (χ0n) is 17.6. The van der Waals surface area contributed by atoms with Crippen LogP contribution in [-0.2, 0) is 20.7 Å². The Hall–Kier alpha value is -2.42. The lowest BCUT2D eigenvalue weighted by atomic mass is 10.1. The molecule has 5 nitrogen and oxygen atoms in total. The summed E-state index contributed by atoms with van der Waals surface area (Å²) in [5.41, 5.74) is 4.54. The van der Waals surface area contributed by atoms with Crippen molar-refractivity contribution in [3.63, 3.8) is 0 Å². The third-order valence-corrected chi connectivity index (χ3v) is 7.69. The van der Waals surface area contributed by atoms with Crippen LogP contribution in [-0.4, -0.2) is 20.0 Å². The van der Waals surface area contributed by atoms with E-state index in [1.807, 2.05) is 42.6 Å². The van der Waals surface area contributed by atoms with Crippen molar-refractivity contribution in [3.8, 4) is 11.3 Å². The second kappa shape index (κ2) is 10.2. The second-order valence-corrected chi connectivity index (χ2v) is 10.6. The second-order valence-electron chi connectivity index (χ2n) is 7.33. The number of rotatable bonds is 8. The molecule has 0 unspecified atom stereocenters. The van der Waals surface area contributed by atoms with Gasteiger partial charge in [-0.15, -0.1) is 11.3 Å². The highest BCUT2D eigenvalue weighted by molar-refractivity contribution is 7.86. The van der Waals surface area contributed by atoms with Crippen LogP contribution in [0, 0.1) is 6.92 Å². The molecule has 9 heteroatoms. The summed E-state index contributed by atoms with van der Waals surface area (Å²) < 4.78 is 29.7. The molecule has 0 aliphatic carbocycles. The van der Waals surface area contributed by atoms with Gasteiger partial charge in [-0.05, 0) is 55.3 Å². The fourth-order valence-corrected chi connectivity index (χ4v) is 4.99. The summed E-state index contributed by atoms with van der Waals surface area (Å²) in [6, 6.07) is 19.7. The molecular weight excluding hydrogens is 499 g/mol. The maximum Gasteiger partial charge on any atom is 0.296 e. The van der Waals surface area contributed by atoms with Gasteiger partial charge in [-0.25, -0.2) is 4.98 Å². The van der Waals surface area contributed by atoms with E-state index in [1.165, 1.54) is 11.3 Å². The molecule has 4 rings (SSSR count). The quantitative estimate of drug-likeness (QED) is 0.251. The van der Waals surface area contributed by atoms with Gasteiger partial charge in [0.1, 0.15) is 0 Å². The highest BCUT2D eigenvalue weighted by Gasteiger charge is 2.14. The molecule has 0 radical (unpaired) electrons. The third-order valence-electron chi connectivity index (χ3n) is 4.86. The van der Waals surface area contributed by atoms with Gasteiger partial charge in [0.25, 0.3) is 10.1 Å². The maximum atomic E-state index is 12.3. The van der Waals surface area contributed by atoms with Crippen LogP contribution in [0.1, 0.15) is 11.1 Å². The van der Waals surface area contributed by atoms with Crippen molar-refractivity contribution in [2.75, 3.05) is 11.9 Å². The van der Waals surface area contributed by atoms with Crippen LogP contribution < -0.4 is 5.32 Å². The van der Waals surface area contributed by atoms with Gasteiger partial charge in [0, 0.05) is 16.6 Å². The third kappa shape index (κ3) is 6.13. The molecule has 1 N–H and O–H groups in total. The first kappa shape index (κ1) is 23.7. The largest absolute Gasteiger partial charge is 0.332 e. The number of hydrogen-bond acceptors (Lipinski definition) is 6. The normalized spacial score (nSPS) is 11.5. The summed E-state index contributed by atoms with van der Waals surface area (Å²) in [7, 11) is -3.76. The molecule has 170 valence electrons. The average molecular weight is 519 g/mol. The van der Waals surface area contributed by atoms with Crippen LogP contribution in [0.15, 0.2) is 77.0 Å². The standard InChI is InChI=1S/C24H20Cl2N2O3S2/c1-16-2-9-20(10-3-16)33(29,30)31-13-12-17-4-7-19(8-5-17)27-24-28-23(15-32-24)18-6-11-21(25)22(26)14-18/h2-11,14-15H,12-13H2,1H3,(H,27,28). The van der Waals surface area contributed by atoms with Crippen LogP contribution in [0.2, 0.25) is 10.0 Å². The van der Waals surface area contributed by atoms with E-state index in [0.29, 0.717) is 16.5 Å². The van der Waals surface area contributed by atoms with Crippen molar-refractivity contribution in [2.24, 2.45) is 0 Å². The van der Waals surface area contributed by atoms with E-state index in [4.69, 9.17) is 27.4 Å². The summed E-state index contributed by atoms with van der Waals surface area (Å²) in [4.78, 5) is 4.76. The summed E-state index contributed by atoms with van der Waals surface area (Å²) in [5, 5.41) is 6.96. The van der Waals surface area contributed by atoms with Gasteiger partial charge in [-0.1, -0.05) is 59.1 Å². The summed E-state index contributed by atoms with van der Waals surface area (Å²) in [6.45, 7) is 1.97. The Morgan fingerprint density at radius 1 is 0.970 bits per heavy atom. The highest BCUT2D eigenvalue weighted by Crippen LogP contribution is 2.31. The first-order valence-electron chi connectivity index (χ1n) is 10.0. The predicted octanol–water partition coefficient (Wildman–Crippen LogP) is 7.12. The van der Waals surface area contributed by atoms with Gasteiger partial charge < -0.3 is 5.32 Å². The van der Waals surface area contributed by atoms with Crippen molar-refractivity contribution in [2.45, 2.75) is 18.2 Å². The Labute approximate surface area is 207 Å². The minimum Gasteiger partial charge on any atom is -0.332 e. The molecule has 0 spiro atoms. The first-order valence-corrected chi connectivity index (χ1v) is 13.1. The number of halogens is 2. The van der Waals surface area contributed by atoms with E-state index in [9.17, 15) is 8.42 Å². The number of anilines is 2. The molecule has 0 bridgehead atoms. The molecule has 0 atom stereocenters. The lowest BCUT2D eigenvalue weighted by molar-refractivity contribution is 0.322. The molecule has 0 amide bonds. The molecule has 1 heterocycles. The van der Waals surface area contributed by atoms with Crippen LogP contribution in [0.25, 0.3) is 11.3 Å². The number of nitrogens with one attached hydrogen (secondary N) is 1. The molecule has 0 aliphatic heterocycles. The number of benzene rings is 3. The number of thiazole rings is 1. The van der Waals surface area contributed by atoms with Gasteiger partial charge in [0.2, 0.25) is 0 Å². The SMILES string of the molecule is Cc1ccc(S(=O)(=O)OCCc2ccc(Nc3nc(-c4ccc(Cl)c(Cl)c4)cs3)cc2)cc1. The van der Waals surface area contributed by atoms with Gasteiger partial charge in [0.05, 0.1) is 27.2 Å². The molecule has 3 aromatic carbocycles. The topological polar surface area (TPSA) is 68.3 Å². The summed E-state index contributed by atoms with van der Waals surface area (Å²) in [6.07, 6.45) is 0.476. The highest BCUT2D eigenvalue weighted by atomic mass is 35.5. The molecule has 4 aromatic rings. The molecule has 0 aliphatic rings. The van der Waals surface area contributed by atoms with Crippen molar-refractivity contribution in [1.29, 1.82) is 0 Å². The van der Waals surface area contributed by atoms with Crippen molar-refractivity contribution < 1.29 is 12.6 Å². The van der Waals surface area contributed by atoms with Crippen LogP contribution in [0.4, 0.5) is 10.8 Å². The number of aryl methyl sites for hydroxylation is 1. The van der Waals surface area contributed by atoms with Crippen LogP contribution >= 0.6 is 34.5 Å². The zero-order valence-corrected chi connectivity index (χ0v) is 20.7. The minimum atomic E-state index is -3.76. The minimum absolute atomic E-state index is 0.0719. The fraction of sp³-hybridized carbons (Fsp3) is 0.125. The van der Waals surface area contributed by atoms with Crippen LogP contribution in [0.5, 0.6) is 0 Å². The summed E-state index contributed by atoms with van der Waals surface area (Å²) in [5.74, 6) is 0. The molecular formula is C24H20Cl2N2O3S2. The molecule has 1 aromatic heterocycles. The number of nitrogens with zero attached hydrogens (tertiary/aromatic N) is 1. The number of aromatic nitrogens is 1. The predicted molar refractivity (Wildman–Crippen MR) is 135 cm³/mol. The van der Waals surface area contributed by atoms with Crippen molar-refractivity contribution in [1.82, 2.24) is 4.98 Å². The lowest BCUT2D eigenvalue weighted by Crippen LogP contribution is -2.09. The van der Waals surface area contributed by atoms with E-state index in [0.717, 1.165) is 33.2 Å². The van der Waals surface area contributed by atoms with Gasteiger partial charge in [0.15, 0.2) is 5.13 Å². The lowest BCUT2D eigenvalue weighted by Gasteiger charge is -2.07. The molecule has 0 saturated carbocycles. The van der Waals surface area contributed by atoms with E-state index in [2.05, 4.69) is 10.3 Å². The first-order chi connectivity index (χ1) is 15.8. The number of hydrogen-bond donors (Lipinski definition) is 1. The Balaban J connectivity index is 1.33. The molecule has 33 heavy (non-hydrogen) atoms.